The lowest BCUT2D eigenvalue weighted by molar-refractivity contribution is -0.142. The molecule has 0 unspecified atom stereocenters. The molecule has 6 heteroatoms. The third-order valence-electron chi connectivity index (χ3n) is 4.03. The SMILES string of the molecule is O=C(CN1C(=O)[C@H]2CC=CC[C@H]2C1=O)Nc1ccc(I)cc1. The summed E-state index contributed by atoms with van der Waals surface area (Å²) in [6.45, 7) is -0.212. The summed E-state index contributed by atoms with van der Waals surface area (Å²) in [5.74, 6) is -1.38. The number of anilines is 1. The summed E-state index contributed by atoms with van der Waals surface area (Å²) in [5, 5.41) is 2.71. The molecule has 0 bridgehead atoms. The molecule has 1 aliphatic heterocycles. The zero-order valence-electron chi connectivity index (χ0n) is 11.8. The number of allylic oxidation sites excluding steroid dienone is 2. The maximum absolute atomic E-state index is 12.3. The molecule has 1 fully saturated rings. The van der Waals surface area contributed by atoms with Crippen LogP contribution in [0.5, 0.6) is 0 Å². The third-order valence-corrected chi connectivity index (χ3v) is 4.75. The molecule has 2 aliphatic rings. The van der Waals surface area contributed by atoms with Gasteiger partial charge in [0, 0.05) is 9.26 Å². The number of benzene rings is 1. The second kappa shape index (κ2) is 6.20. The van der Waals surface area contributed by atoms with Gasteiger partial charge in [-0.15, -0.1) is 0 Å². The van der Waals surface area contributed by atoms with E-state index in [4.69, 9.17) is 0 Å². The molecule has 0 saturated carbocycles. The van der Waals surface area contributed by atoms with E-state index < -0.39 is 0 Å². The number of fused-ring (bicyclic) bond motifs is 1. The highest BCUT2D eigenvalue weighted by Gasteiger charge is 2.47. The number of hydrogen-bond acceptors (Lipinski definition) is 3. The van der Waals surface area contributed by atoms with E-state index in [0.717, 1.165) is 8.47 Å². The minimum atomic E-state index is -0.352. The van der Waals surface area contributed by atoms with Gasteiger partial charge in [-0.05, 0) is 59.7 Å². The Morgan fingerprint density at radius 3 is 2.18 bits per heavy atom. The molecule has 114 valence electrons. The van der Waals surface area contributed by atoms with Crippen molar-refractivity contribution in [1.29, 1.82) is 0 Å². The Labute approximate surface area is 141 Å². The maximum atomic E-state index is 12.3. The van der Waals surface area contributed by atoms with Crippen molar-refractivity contribution in [3.63, 3.8) is 0 Å². The number of carbonyl (C=O) groups is 3. The van der Waals surface area contributed by atoms with Crippen molar-refractivity contribution in [3.05, 3.63) is 40.0 Å². The smallest absolute Gasteiger partial charge is 0.244 e. The number of carbonyl (C=O) groups excluding carboxylic acids is 3. The van der Waals surface area contributed by atoms with Crippen molar-refractivity contribution in [2.45, 2.75) is 12.8 Å². The van der Waals surface area contributed by atoms with Crippen LogP contribution in [0.2, 0.25) is 0 Å². The van der Waals surface area contributed by atoms with Crippen LogP contribution in [0.15, 0.2) is 36.4 Å². The summed E-state index contributed by atoms with van der Waals surface area (Å²) in [6, 6.07) is 7.33. The van der Waals surface area contributed by atoms with Crippen molar-refractivity contribution in [2.75, 3.05) is 11.9 Å². The fourth-order valence-corrected chi connectivity index (χ4v) is 3.26. The zero-order chi connectivity index (χ0) is 15.7. The normalized spacial score (nSPS) is 23.6. The molecule has 1 heterocycles. The molecular formula is C16H15IN2O3. The van der Waals surface area contributed by atoms with Gasteiger partial charge >= 0.3 is 0 Å². The number of nitrogens with zero attached hydrogens (tertiary/aromatic N) is 1. The van der Waals surface area contributed by atoms with Crippen LogP contribution in [0.25, 0.3) is 0 Å². The number of amides is 3. The maximum Gasteiger partial charge on any atom is 0.244 e. The van der Waals surface area contributed by atoms with Gasteiger partial charge in [-0.1, -0.05) is 12.2 Å². The van der Waals surface area contributed by atoms with E-state index in [1.807, 2.05) is 24.3 Å². The summed E-state index contributed by atoms with van der Waals surface area (Å²) in [5.41, 5.74) is 0.656. The Balaban J connectivity index is 1.65. The third kappa shape index (κ3) is 2.92. The molecule has 1 aliphatic carbocycles. The monoisotopic (exact) mass is 410 g/mol. The quantitative estimate of drug-likeness (QED) is 0.472. The Kier molecular flexibility index (Phi) is 4.28. The van der Waals surface area contributed by atoms with Crippen molar-refractivity contribution in [2.24, 2.45) is 11.8 Å². The molecule has 1 saturated heterocycles. The van der Waals surface area contributed by atoms with E-state index >= 15 is 0 Å². The van der Waals surface area contributed by atoms with Crippen LogP contribution >= 0.6 is 22.6 Å². The standard InChI is InChI=1S/C16H15IN2O3/c17-10-5-7-11(8-6-10)18-14(20)9-19-15(21)12-3-1-2-4-13(12)16(19)22/h1-2,5-8,12-13H,3-4,9H2,(H,18,20)/t12-,13+. The van der Waals surface area contributed by atoms with Crippen molar-refractivity contribution >= 4 is 46.0 Å². The minimum Gasteiger partial charge on any atom is -0.325 e. The van der Waals surface area contributed by atoms with E-state index in [1.165, 1.54) is 0 Å². The van der Waals surface area contributed by atoms with Gasteiger partial charge in [0.2, 0.25) is 17.7 Å². The zero-order valence-corrected chi connectivity index (χ0v) is 13.9. The molecular weight excluding hydrogens is 395 g/mol. The van der Waals surface area contributed by atoms with Crippen LogP contribution in [0.1, 0.15) is 12.8 Å². The molecule has 1 N–H and O–H groups in total. The molecule has 1 aromatic rings. The Bertz CT molecular complexity index is 628. The second-order valence-corrected chi connectivity index (χ2v) is 6.72. The van der Waals surface area contributed by atoms with Crippen molar-refractivity contribution < 1.29 is 14.4 Å². The molecule has 22 heavy (non-hydrogen) atoms. The number of rotatable bonds is 3. The Morgan fingerprint density at radius 2 is 1.64 bits per heavy atom. The van der Waals surface area contributed by atoms with E-state index in [9.17, 15) is 14.4 Å². The van der Waals surface area contributed by atoms with Gasteiger partial charge in [0.15, 0.2) is 0 Å². The Morgan fingerprint density at radius 1 is 1.09 bits per heavy atom. The number of nitrogens with one attached hydrogen (secondary N) is 1. The van der Waals surface area contributed by atoms with Crippen molar-refractivity contribution in [3.8, 4) is 0 Å². The van der Waals surface area contributed by atoms with Gasteiger partial charge in [-0.25, -0.2) is 0 Å². The highest BCUT2D eigenvalue weighted by Crippen LogP contribution is 2.34. The van der Waals surface area contributed by atoms with Gasteiger partial charge < -0.3 is 5.32 Å². The number of likely N-dealkylation sites (tertiary alicyclic amines) is 1. The van der Waals surface area contributed by atoms with Gasteiger partial charge in [-0.2, -0.15) is 0 Å². The summed E-state index contributed by atoms with van der Waals surface area (Å²) in [4.78, 5) is 37.7. The van der Waals surface area contributed by atoms with Gasteiger partial charge in [-0.3, -0.25) is 19.3 Å². The van der Waals surface area contributed by atoms with Gasteiger partial charge in [0.05, 0.1) is 11.8 Å². The number of hydrogen-bond donors (Lipinski definition) is 1. The first-order valence-corrected chi connectivity index (χ1v) is 8.20. The van der Waals surface area contributed by atoms with Crippen LogP contribution in [0, 0.1) is 15.4 Å². The molecule has 3 amide bonds. The lowest BCUT2D eigenvalue weighted by atomic mass is 9.85. The van der Waals surface area contributed by atoms with Crippen LogP contribution in [-0.4, -0.2) is 29.2 Å². The van der Waals surface area contributed by atoms with Gasteiger partial charge in [0.1, 0.15) is 6.54 Å². The van der Waals surface area contributed by atoms with Crippen LogP contribution in [0.3, 0.4) is 0 Å². The molecule has 3 rings (SSSR count). The number of imide groups is 1. The van der Waals surface area contributed by atoms with E-state index in [1.54, 1.807) is 12.1 Å². The molecule has 0 aromatic heterocycles. The predicted molar refractivity (Wildman–Crippen MR) is 89.9 cm³/mol. The second-order valence-electron chi connectivity index (χ2n) is 5.47. The fourth-order valence-electron chi connectivity index (χ4n) is 2.90. The minimum absolute atomic E-state index is 0.212. The van der Waals surface area contributed by atoms with Crippen molar-refractivity contribution in [1.82, 2.24) is 4.90 Å². The molecule has 0 radical (unpaired) electrons. The summed E-state index contributed by atoms with van der Waals surface area (Å²) in [6.07, 6.45) is 5.04. The lowest BCUT2D eigenvalue weighted by Gasteiger charge is -2.14. The molecule has 1 aromatic carbocycles. The summed E-state index contributed by atoms with van der Waals surface area (Å²) >= 11 is 2.18. The molecule has 2 atom stereocenters. The topological polar surface area (TPSA) is 66.5 Å². The first-order valence-electron chi connectivity index (χ1n) is 7.12. The van der Waals surface area contributed by atoms with Crippen LogP contribution in [0.4, 0.5) is 5.69 Å². The van der Waals surface area contributed by atoms with Crippen LogP contribution in [-0.2, 0) is 14.4 Å². The fraction of sp³-hybridized carbons (Fsp3) is 0.312. The highest BCUT2D eigenvalue weighted by atomic mass is 127. The average Bonchev–Trinajstić information content (AvgIpc) is 2.75. The summed E-state index contributed by atoms with van der Waals surface area (Å²) in [7, 11) is 0. The number of halogens is 1. The van der Waals surface area contributed by atoms with E-state index in [2.05, 4.69) is 27.9 Å². The summed E-state index contributed by atoms with van der Waals surface area (Å²) < 4.78 is 1.07. The molecule has 5 nitrogen and oxygen atoms in total. The highest BCUT2D eigenvalue weighted by molar-refractivity contribution is 14.1. The Hall–Kier alpha value is -1.70. The average molecular weight is 410 g/mol. The first-order chi connectivity index (χ1) is 10.6. The van der Waals surface area contributed by atoms with E-state index in [0.29, 0.717) is 18.5 Å². The largest absolute Gasteiger partial charge is 0.325 e. The predicted octanol–water partition coefficient (Wildman–Crippen LogP) is 2.18. The van der Waals surface area contributed by atoms with Gasteiger partial charge in [0.25, 0.3) is 0 Å². The van der Waals surface area contributed by atoms with Crippen LogP contribution < -0.4 is 5.32 Å². The first kappa shape index (κ1) is 15.2. The molecule has 0 spiro atoms. The van der Waals surface area contributed by atoms with E-state index in [-0.39, 0.29) is 36.1 Å². The lowest BCUT2D eigenvalue weighted by Crippen LogP contribution is -2.38.